The summed E-state index contributed by atoms with van der Waals surface area (Å²) >= 11 is 0. The smallest absolute Gasteiger partial charge is 0.103 e. The quantitative estimate of drug-likeness (QED) is 0.752. The van der Waals surface area contributed by atoms with Crippen molar-refractivity contribution in [2.45, 2.75) is 13.5 Å². The molecule has 0 amide bonds. The van der Waals surface area contributed by atoms with Crippen LogP contribution >= 0.6 is 0 Å². The van der Waals surface area contributed by atoms with E-state index in [0.29, 0.717) is 0 Å². The van der Waals surface area contributed by atoms with Gasteiger partial charge in [0.25, 0.3) is 0 Å². The van der Waals surface area contributed by atoms with Gasteiger partial charge in [-0.1, -0.05) is 6.07 Å². The molecule has 2 N–H and O–H groups in total. The number of fused-ring (bicyclic) bond motifs is 1. The van der Waals surface area contributed by atoms with E-state index in [1.807, 2.05) is 31.9 Å². The Kier molecular flexibility index (Phi) is 2.83. The summed E-state index contributed by atoms with van der Waals surface area (Å²) in [6, 6.07) is 6.27. The van der Waals surface area contributed by atoms with E-state index in [1.165, 1.54) is 0 Å². The standard InChI is InChI=1S/C14H17N5/c1-9-17-12(7-15-2)14(18-9)10-4-5-13-11(6-10)16-8-19(13)3/h4-6,8,15H,7H2,1-3H3,(H,17,18). The van der Waals surface area contributed by atoms with Crippen LogP contribution in [0.4, 0.5) is 0 Å². The van der Waals surface area contributed by atoms with Crippen molar-refractivity contribution in [2.24, 2.45) is 7.05 Å². The fourth-order valence-corrected chi connectivity index (χ4v) is 2.37. The number of hydrogen-bond acceptors (Lipinski definition) is 3. The molecule has 2 aromatic heterocycles. The van der Waals surface area contributed by atoms with Gasteiger partial charge in [-0.15, -0.1) is 0 Å². The Morgan fingerprint density at radius 2 is 2.21 bits per heavy atom. The molecule has 3 rings (SSSR count). The predicted octanol–water partition coefficient (Wildman–Crippen LogP) is 1.99. The molecule has 5 nitrogen and oxygen atoms in total. The van der Waals surface area contributed by atoms with Crippen LogP contribution in [0.15, 0.2) is 24.5 Å². The summed E-state index contributed by atoms with van der Waals surface area (Å²) in [6.45, 7) is 2.75. The number of imidazole rings is 2. The maximum Gasteiger partial charge on any atom is 0.103 e. The average molecular weight is 255 g/mol. The molecule has 3 aromatic rings. The maximum absolute atomic E-state index is 4.58. The third kappa shape index (κ3) is 2.02. The monoisotopic (exact) mass is 255 g/mol. The first kappa shape index (κ1) is 11.9. The molecule has 0 aliphatic carbocycles. The molecule has 5 heteroatoms. The molecular weight excluding hydrogens is 238 g/mol. The normalized spacial score (nSPS) is 11.3. The summed E-state index contributed by atoms with van der Waals surface area (Å²) in [5.74, 6) is 0.932. The van der Waals surface area contributed by atoms with Crippen molar-refractivity contribution >= 4 is 11.0 Å². The summed E-state index contributed by atoms with van der Waals surface area (Å²) in [4.78, 5) is 12.3. The summed E-state index contributed by atoms with van der Waals surface area (Å²) in [5, 5.41) is 3.16. The van der Waals surface area contributed by atoms with Gasteiger partial charge in [0, 0.05) is 19.2 Å². The molecule has 0 saturated heterocycles. The lowest BCUT2D eigenvalue weighted by atomic mass is 10.1. The van der Waals surface area contributed by atoms with E-state index < -0.39 is 0 Å². The van der Waals surface area contributed by atoms with E-state index in [1.54, 1.807) is 0 Å². The van der Waals surface area contributed by atoms with Gasteiger partial charge >= 0.3 is 0 Å². The molecule has 19 heavy (non-hydrogen) atoms. The van der Waals surface area contributed by atoms with Crippen LogP contribution in [-0.2, 0) is 13.6 Å². The molecular formula is C14H17N5. The fourth-order valence-electron chi connectivity index (χ4n) is 2.37. The van der Waals surface area contributed by atoms with E-state index in [0.717, 1.165) is 40.4 Å². The second-order valence-electron chi connectivity index (χ2n) is 4.74. The van der Waals surface area contributed by atoms with Crippen molar-refractivity contribution in [3.05, 3.63) is 36.0 Å². The first-order valence-electron chi connectivity index (χ1n) is 6.30. The van der Waals surface area contributed by atoms with Crippen molar-refractivity contribution in [1.29, 1.82) is 0 Å². The highest BCUT2D eigenvalue weighted by molar-refractivity contribution is 5.81. The molecule has 0 fully saturated rings. The van der Waals surface area contributed by atoms with Gasteiger partial charge in [-0.2, -0.15) is 0 Å². The topological polar surface area (TPSA) is 58.5 Å². The van der Waals surface area contributed by atoms with Crippen LogP contribution in [0.1, 0.15) is 11.5 Å². The molecule has 1 aromatic carbocycles. The molecule has 98 valence electrons. The number of rotatable bonds is 3. The van der Waals surface area contributed by atoms with Gasteiger partial charge in [0.1, 0.15) is 5.82 Å². The highest BCUT2D eigenvalue weighted by Gasteiger charge is 2.11. The molecule has 0 atom stereocenters. The third-order valence-corrected chi connectivity index (χ3v) is 3.25. The number of nitrogens with one attached hydrogen (secondary N) is 2. The van der Waals surface area contributed by atoms with Crippen molar-refractivity contribution in [3.8, 4) is 11.3 Å². The summed E-state index contributed by atoms with van der Waals surface area (Å²) < 4.78 is 2.02. The maximum atomic E-state index is 4.58. The van der Waals surface area contributed by atoms with Crippen molar-refractivity contribution in [3.63, 3.8) is 0 Å². The summed E-state index contributed by atoms with van der Waals surface area (Å²) in [6.07, 6.45) is 1.83. The highest BCUT2D eigenvalue weighted by atomic mass is 15.0. The van der Waals surface area contributed by atoms with Crippen LogP contribution in [0.2, 0.25) is 0 Å². The fraction of sp³-hybridized carbons (Fsp3) is 0.286. The largest absolute Gasteiger partial charge is 0.345 e. The van der Waals surface area contributed by atoms with Crippen LogP contribution in [0.5, 0.6) is 0 Å². The molecule has 0 spiro atoms. The molecule has 0 aliphatic heterocycles. The summed E-state index contributed by atoms with van der Waals surface area (Å²) in [5.41, 5.74) is 5.33. The molecule has 2 heterocycles. The number of aromatic nitrogens is 4. The van der Waals surface area contributed by atoms with Gasteiger partial charge in [-0.3, -0.25) is 0 Å². The van der Waals surface area contributed by atoms with Gasteiger partial charge in [0.15, 0.2) is 0 Å². The van der Waals surface area contributed by atoms with Gasteiger partial charge in [0.05, 0.1) is 28.7 Å². The molecule has 0 saturated carbocycles. The summed E-state index contributed by atoms with van der Waals surface area (Å²) in [7, 11) is 3.93. The van der Waals surface area contributed by atoms with Crippen LogP contribution in [0.25, 0.3) is 22.3 Å². The minimum absolute atomic E-state index is 0.774. The second kappa shape index (κ2) is 4.51. The Morgan fingerprint density at radius 1 is 1.37 bits per heavy atom. The van der Waals surface area contributed by atoms with Gasteiger partial charge in [-0.05, 0) is 26.1 Å². The Balaban J connectivity index is 2.13. The average Bonchev–Trinajstić information content (AvgIpc) is 2.94. The van der Waals surface area contributed by atoms with Crippen LogP contribution in [0.3, 0.4) is 0 Å². The van der Waals surface area contributed by atoms with Crippen LogP contribution in [0, 0.1) is 6.92 Å². The number of H-pyrrole nitrogens is 1. The second-order valence-corrected chi connectivity index (χ2v) is 4.74. The number of benzene rings is 1. The minimum atomic E-state index is 0.774. The lowest BCUT2D eigenvalue weighted by Crippen LogP contribution is -2.06. The van der Waals surface area contributed by atoms with Crippen molar-refractivity contribution < 1.29 is 0 Å². The Hall–Kier alpha value is -2.14. The number of aryl methyl sites for hydroxylation is 2. The first-order chi connectivity index (χ1) is 9.19. The Labute approximate surface area is 111 Å². The number of aromatic amines is 1. The zero-order valence-electron chi connectivity index (χ0n) is 11.4. The lowest BCUT2D eigenvalue weighted by molar-refractivity contribution is 0.796. The lowest BCUT2D eigenvalue weighted by Gasteiger charge is -2.03. The molecule has 0 unspecified atom stereocenters. The van der Waals surface area contributed by atoms with E-state index in [4.69, 9.17) is 0 Å². The van der Waals surface area contributed by atoms with Crippen LogP contribution < -0.4 is 5.32 Å². The number of hydrogen-bond donors (Lipinski definition) is 2. The van der Waals surface area contributed by atoms with Crippen molar-refractivity contribution in [2.75, 3.05) is 7.05 Å². The van der Waals surface area contributed by atoms with E-state index in [9.17, 15) is 0 Å². The highest BCUT2D eigenvalue weighted by Crippen LogP contribution is 2.25. The third-order valence-electron chi connectivity index (χ3n) is 3.25. The van der Waals surface area contributed by atoms with Crippen LogP contribution in [-0.4, -0.2) is 26.6 Å². The first-order valence-corrected chi connectivity index (χ1v) is 6.30. The molecule has 0 radical (unpaired) electrons. The predicted molar refractivity (Wildman–Crippen MR) is 75.8 cm³/mol. The van der Waals surface area contributed by atoms with Gasteiger partial charge in [-0.25, -0.2) is 9.97 Å². The zero-order valence-corrected chi connectivity index (χ0v) is 11.4. The Morgan fingerprint density at radius 3 is 3.00 bits per heavy atom. The molecule has 0 bridgehead atoms. The zero-order chi connectivity index (χ0) is 13.4. The SMILES string of the molecule is CNCc1[nH]c(C)nc1-c1ccc2c(c1)ncn2C. The van der Waals surface area contributed by atoms with E-state index in [2.05, 4.69) is 38.5 Å². The van der Waals surface area contributed by atoms with Crippen molar-refractivity contribution in [1.82, 2.24) is 24.8 Å². The molecule has 0 aliphatic rings. The van der Waals surface area contributed by atoms with E-state index >= 15 is 0 Å². The number of nitrogens with zero attached hydrogens (tertiary/aromatic N) is 3. The van der Waals surface area contributed by atoms with Gasteiger partial charge < -0.3 is 14.9 Å². The van der Waals surface area contributed by atoms with E-state index in [-0.39, 0.29) is 0 Å². The minimum Gasteiger partial charge on any atom is -0.345 e. The Bertz CT molecular complexity index is 723. The van der Waals surface area contributed by atoms with Gasteiger partial charge in [0.2, 0.25) is 0 Å².